The van der Waals surface area contributed by atoms with Crippen molar-refractivity contribution in [1.29, 1.82) is 0 Å². The molecule has 6 heteroatoms. The lowest BCUT2D eigenvalue weighted by molar-refractivity contribution is -0.142. The molecule has 5 nitrogen and oxygen atoms in total. The van der Waals surface area contributed by atoms with Crippen molar-refractivity contribution in [3.8, 4) is 0 Å². The molecule has 0 aliphatic carbocycles. The Labute approximate surface area is 152 Å². The minimum atomic E-state index is -1.92. The van der Waals surface area contributed by atoms with Gasteiger partial charge in [-0.3, -0.25) is 14.6 Å². The predicted molar refractivity (Wildman–Crippen MR) is 95.9 cm³/mol. The smallest absolute Gasteiger partial charge is 0.258 e. The number of nitrogens with zero attached hydrogens (tertiary/aromatic N) is 2. The molecular formula is C20H22FN3O2. The maximum atomic E-state index is 15.0. The SMILES string of the molecule is O=C(Cc1ccccc1)N1CCC(F)(C(=O)NCc2ccncc2)CC1. The Balaban J connectivity index is 1.50. The third kappa shape index (κ3) is 4.45. The molecule has 0 unspecified atom stereocenters. The third-order valence-corrected chi connectivity index (χ3v) is 4.72. The second-order valence-corrected chi connectivity index (χ2v) is 6.55. The molecule has 1 aliphatic heterocycles. The van der Waals surface area contributed by atoms with Gasteiger partial charge in [0.2, 0.25) is 5.91 Å². The van der Waals surface area contributed by atoms with Gasteiger partial charge in [-0.25, -0.2) is 4.39 Å². The van der Waals surface area contributed by atoms with Gasteiger partial charge in [-0.2, -0.15) is 0 Å². The van der Waals surface area contributed by atoms with Crippen LogP contribution < -0.4 is 5.32 Å². The minimum absolute atomic E-state index is 0.0235. The molecule has 1 saturated heterocycles. The fourth-order valence-electron chi connectivity index (χ4n) is 3.06. The molecule has 1 N–H and O–H groups in total. The van der Waals surface area contributed by atoms with E-state index >= 15 is 0 Å². The molecule has 2 heterocycles. The van der Waals surface area contributed by atoms with Crippen molar-refractivity contribution in [2.24, 2.45) is 0 Å². The number of amides is 2. The quantitative estimate of drug-likeness (QED) is 0.895. The Morgan fingerprint density at radius 1 is 1.04 bits per heavy atom. The first-order valence-electron chi connectivity index (χ1n) is 8.75. The Hall–Kier alpha value is -2.76. The zero-order valence-corrected chi connectivity index (χ0v) is 14.5. The van der Waals surface area contributed by atoms with Gasteiger partial charge in [0.05, 0.1) is 6.42 Å². The normalized spacial score (nSPS) is 16.1. The second-order valence-electron chi connectivity index (χ2n) is 6.55. The van der Waals surface area contributed by atoms with Crippen LogP contribution in [-0.2, 0) is 22.6 Å². The number of nitrogens with one attached hydrogen (secondary N) is 1. The van der Waals surface area contributed by atoms with Crippen LogP contribution in [0.1, 0.15) is 24.0 Å². The van der Waals surface area contributed by atoms with Crippen molar-refractivity contribution in [3.05, 3.63) is 66.0 Å². The van der Waals surface area contributed by atoms with Gasteiger partial charge in [0.15, 0.2) is 5.67 Å². The van der Waals surface area contributed by atoms with Crippen molar-refractivity contribution >= 4 is 11.8 Å². The summed E-state index contributed by atoms with van der Waals surface area (Å²) in [5, 5.41) is 2.65. The molecule has 1 aromatic heterocycles. The van der Waals surface area contributed by atoms with Gasteiger partial charge in [-0.1, -0.05) is 30.3 Å². The number of likely N-dealkylation sites (tertiary alicyclic amines) is 1. The van der Waals surface area contributed by atoms with Gasteiger partial charge in [0, 0.05) is 44.9 Å². The van der Waals surface area contributed by atoms with Gasteiger partial charge in [0.25, 0.3) is 5.91 Å². The van der Waals surface area contributed by atoms with E-state index < -0.39 is 11.6 Å². The summed E-state index contributed by atoms with van der Waals surface area (Å²) in [6.07, 6.45) is 3.60. The summed E-state index contributed by atoms with van der Waals surface area (Å²) in [4.78, 5) is 30.2. The first-order valence-corrected chi connectivity index (χ1v) is 8.75. The first kappa shape index (κ1) is 18.0. The van der Waals surface area contributed by atoms with Gasteiger partial charge in [-0.05, 0) is 23.3 Å². The highest BCUT2D eigenvalue weighted by Crippen LogP contribution is 2.27. The number of carbonyl (C=O) groups is 2. The van der Waals surface area contributed by atoms with Gasteiger partial charge < -0.3 is 10.2 Å². The number of benzene rings is 1. The summed E-state index contributed by atoms with van der Waals surface area (Å²) >= 11 is 0. The van der Waals surface area contributed by atoms with Crippen LogP contribution in [0.5, 0.6) is 0 Å². The Kier molecular flexibility index (Phi) is 5.61. The minimum Gasteiger partial charge on any atom is -0.349 e. The summed E-state index contributed by atoms with van der Waals surface area (Å²) in [5.41, 5.74) is -0.117. The van der Waals surface area contributed by atoms with Gasteiger partial charge in [0.1, 0.15) is 0 Å². The molecule has 26 heavy (non-hydrogen) atoms. The van der Waals surface area contributed by atoms with E-state index in [1.54, 1.807) is 29.4 Å². The Morgan fingerprint density at radius 2 is 1.69 bits per heavy atom. The van der Waals surface area contributed by atoms with Crippen LogP contribution >= 0.6 is 0 Å². The summed E-state index contributed by atoms with van der Waals surface area (Å²) in [5.74, 6) is -0.639. The predicted octanol–water partition coefficient (Wildman–Crippen LogP) is 2.27. The molecular weight excluding hydrogens is 333 g/mol. The number of hydrogen-bond donors (Lipinski definition) is 1. The van der Waals surface area contributed by atoms with Crippen LogP contribution in [0.3, 0.4) is 0 Å². The average Bonchev–Trinajstić information content (AvgIpc) is 2.68. The number of halogens is 1. The van der Waals surface area contributed by atoms with Crippen molar-refractivity contribution in [1.82, 2.24) is 15.2 Å². The molecule has 2 aromatic rings. The monoisotopic (exact) mass is 355 g/mol. The van der Waals surface area contributed by atoms with Crippen molar-refractivity contribution in [2.75, 3.05) is 13.1 Å². The van der Waals surface area contributed by atoms with E-state index in [9.17, 15) is 14.0 Å². The maximum absolute atomic E-state index is 15.0. The van der Waals surface area contributed by atoms with E-state index in [0.29, 0.717) is 6.42 Å². The van der Waals surface area contributed by atoms with Crippen LogP contribution in [0.4, 0.5) is 4.39 Å². The average molecular weight is 355 g/mol. The summed E-state index contributed by atoms with van der Waals surface area (Å²) in [6, 6.07) is 13.0. The lowest BCUT2D eigenvalue weighted by atomic mass is 9.92. The van der Waals surface area contributed by atoms with Crippen molar-refractivity contribution < 1.29 is 14.0 Å². The molecule has 0 radical (unpaired) electrons. The van der Waals surface area contributed by atoms with E-state index in [-0.39, 0.29) is 38.4 Å². The van der Waals surface area contributed by atoms with Crippen LogP contribution in [0.15, 0.2) is 54.9 Å². The first-order chi connectivity index (χ1) is 12.6. The van der Waals surface area contributed by atoms with E-state index in [1.165, 1.54) is 0 Å². The molecule has 3 rings (SSSR count). The molecule has 136 valence electrons. The molecule has 1 aromatic carbocycles. The molecule has 0 saturated carbocycles. The van der Waals surface area contributed by atoms with E-state index in [2.05, 4.69) is 10.3 Å². The lowest BCUT2D eigenvalue weighted by Gasteiger charge is -2.35. The zero-order chi connectivity index (χ0) is 18.4. The highest BCUT2D eigenvalue weighted by molar-refractivity contribution is 5.86. The Morgan fingerprint density at radius 3 is 2.35 bits per heavy atom. The van der Waals surface area contributed by atoms with Crippen LogP contribution in [0.25, 0.3) is 0 Å². The fourth-order valence-corrected chi connectivity index (χ4v) is 3.06. The van der Waals surface area contributed by atoms with E-state index in [4.69, 9.17) is 0 Å². The number of piperidine rings is 1. The Bertz CT molecular complexity index is 744. The van der Waals surface area contributed by atoms with E-state index in [0.717, 1.165) is 11.1 Å². The van der Waals surface area contributed by atoms with Crippen molar-refractivity contribution in [3.63, 3.8) is 0 Å². The number of pyridine rings is 1. The highest BCUT2D eigenvalue weighted by Gasteiger charge is 2.42. The summed E-state index contributed by atoms with van der Waals surface area (Å²) in [7, 11) is 0. The van der Waals surface area contributed by atoms with Gasteiger partial charge in [-0.15, -0.1) is 0 Å². The number of rotatable bonds is 5. The lowest BCUT2D eigenvalue weighted by Crippen LogP contribution is -2.52. The molecule has 0 spiro atoms. The number of carbonyl (C=O) groups excluding carboxylic acids is 2. The molecule has 2 amide bonds. The summed E-state index contributed by atoms with van der Waals surface area (Å²) < 4.78 is 15.0. The van der Waals surface area contributed by atoms with E-state index in [1.807, 2.05) is 30.3 Å². The van der Waals surface area contributed by atoms with Crippen LogP contribution in [-0.4, -0.2) is 40.5 Å². The largest absolute Gasteiger partial charge is 0.349 e. The third-order valence-electron chi connectivity index (χ3n) is 4.72. The van der Waals surface area contributed by atoms with Gasteiger partial charge >= 0.3 is 0 Å². The van der Waals surface area contributed by atoms with Crippen LogP contribution in [0, 0.1) is 0 Å². The summed E-state index contributed by atoms with van der Waals surface area (Å²) in [6.45, 7) is 0.777. The molecule has 1 aliphatic rings. The maximum Gasteiger partial charge on any atom is 0.258 e. The highest BCUT2D eigenvalue weighted by atomic mass is 19.1. The number of alkyl halides is 1. The number of aromatic nitrogens is 1. The molecule has 0 atom stereocenters. The molecule has 0 bridgehead atoms. The van der Waals surface area contributed by atoms with Crippen molar-refractivity contribution in [2.45, 2.75) is 31.5 Å². The fraction of sp³-hybridized carbons (Fsp3) is 0.350. The zero-order valence-electron chi connectivity index (χ0n) is 14.5. The van der Waals surface area contributed by atoms with Crippen LogP contribution in [0.2, 0.25) is 0 Å². The topological polar surface area (TPSA) is 62.3 Å². The standard InChI is InChI=1S/C20H22FN3O2/c21-20(19(26)23-15-17-6-10-22-11-7-17)8-12-24(13-9-20)18(25)14-16-4-2-1-3-5-16/h1-7,10-11H,8-9,12-15H2,(H,23,26). The number of hydrogen-bond acceptors (Lipinski definition) is 3. The second kappa shape index (κ2) is 8.08. The molecule has 1 fully saturated rings.